The first-order valence-corrected chi connectivity index (χ1v) is 4.18. The zero-order valence-electron chi connectivity index (χ0n) is 7.41. The van der Waals surface area contributed by atoms with Crippen molar-refractivity contribution in [3.63, 3.8) is 0 Å². The van der Waals surface area contributed by atoms with Gasteiger partial charge in [0.1, 0.15) is 11.9 Å². The number of cyclic esters (lactones) is 1. The molecular weight excluding hydrogens is 156 g/mol. The molecule has 68 valence electrons. The molecule has 0 aliphatic carbocycles. The fourth-order valence-electron chi connectivity index (χ4n) is 1.33. The van der Waals surface area contributed by atoms with Crippen LogP contribution in [0.15, 0.2) is 11.8 Å². The number of aliphatic hydroxyl groups is 1. The third-order valence-electron chi connectivity index (χ3n) is 1.74. The second kappa shape index (κ2) is 3.61. The highest BCUT2D eigenvalue weighted by Gasteiger charge is 2.21. The normalized spacial score (nSPS) is 23.8. The Labute approximate surface area is 72.0 Å². The van der Waals surface area contributed by atoms with Crippen LogP contribution in [0.1, 0.15) is 26.7 Å². The summed E-state index contributed by atoms with van der Waals surface area (Å²) in [4.78, 5) is 10.8. The van der Waals surface area contributed by atoms with E-state index < -0.39 is 5.97 Å². The zero-order valence-corrected chi connectivity index (χ0v) is 7.41. The van der Waals surface area contributed by atoms with Crippen molar-refractivity contribution in [2.24, 2.45) is 5.92 Å². The van der Waals surface area contributed by atoms with Crippen molar-refractivity contribution < 1.29 is 14.6 Å². The first-order chi connectivity index (χ1) is 5.58. The smallest absolute Gasteiger partial charge is 0.334 e. The first kappa shape index (κ1) is 9.10. The van der Waals surface area contributed by atoms with Gasteiger partial charge < -0.3 is 9.84 Å². The standard InChI is InChI=1S/C9H14O3/c1-6(2)3-8-4-7(10)5-9(11)12-8/h5-6,8,10H,3-4H2,1-2H3. The fourth-order valence-corrected chi connectivity index (χ4v) is 1.33. The molecule has 0 radical (unpaired) electrons. The second-order valence-electron chi connectivity index (χ2n) is 3.53. The van der Waals surface area contributed by atoms with Crippen molar-refractivity contribution in [2.45, 2.75) is 32.8 Å². The molecule has 0 spiro atoms. The van der Waals surface area contributed by atoms with Gasteiger partial charge in [0.2, 0.25) is 0 Å². The lowest BCUT2D eigenvalue weighted by Gasteiger charge is -2.21. The Morgan fingerprint density at radius 2 is 2.42 bits per heavy atom. The summed E-state index contributed by atoms with van der Waals surface area (Å²) in [5.41, 5.74) is 0. The van der Waals surface area contributed by atoms with Crippen LogP contribution in [0.25, 0.3) is 0 Å². The molecule has 1 aliphatic heterocycles. The van der Waals surface area contributed by atoms with Crippen LogP contribution in [0.2, 0.25) is 0 Å². The maximum atomic E-state index is 10.8. The van der Waals surface area contributed by atoms with Crippen LogP contribution in [-0.4, -0.2) is 17.2 Å². The lowest BCUT2D eigenvalue weighted by molar-refractivity contribution is -0.145. The highest BCUT2D eigenvalue weighted by molar-refractivity contribution is 5.83. The highest BCUT2D eigenvalue weighted by atomic mass is 16.5. The van der Waals surface area contributed by atoms with Crippen molar-refractivity contribution in [2.75, 3.05) is 0 Å². The van der Waals surface area contributed by atoms with E-state index in [9.17, 15) is 4.79 Å². The van der Waals surface area contributed by atoms with Crippen LogP contribution < -0.4 is 0 Å². The van der Waals surface area contributed by atoms with Gasteiger partial charge in [0.25, 0.3) is 0 Å². The molecule has 0 bridgehead atoms. The average Bonchev–Trinajstić information content (AvgIpc) is 1.81. The van der Waals surface area contributed by atoms with Gasteiger partial charge in [-0.15, -0.1) is 0 Å². The molecule has 0 aromatic rings. The topological polar surface area (TPSA) is 46.5 Å². The van der Waals surface area contributed by atoms with Gasteiger partial charge in [0.05, 0.1) is 6.08 Å². The van der Waals surface area contributed by atoms with Gasteiger partial charge in [-0.3, -0.25) is 0 Å². The Kier molecular flexibility index (Phi) is 2.74. The number of carbonyl (C=O) groups excluding carboxylic acids is 1. The van der Waals surface area contributed by atoms with Crippen LogP contribution in [0.4, 0.5) is 0 Å². The molecule has 1 N–H and O–H groups in total. The third kappa shape index (κ3) is 2.57. The van der Waals surface area contributed by atoms with Crippen molar-refractivity contribution in [1.82, 2.24) is 0 Å². The molecule has 0 aromatic heterocycles. The van der Waals surface area contributed by atoms with Crippen molar-refractivity contribution in [3.05, 3.63) is 11.8 Å². The van der Waals surface area contributed by atoms with E-state index in [1.807, 2.05) is 0 Å². The molecule has 3 nitrogen and oxygen atoms in total. The number of carbonyl (C=O) groups is 1. The molecule has 1 aliphatic rings. The first-order valence-electron chi connectivity index (χ1n) is 4.18. The summed E-state index contributed by atoms with van der Waals surface area (Å²) in [5, 5.41) is 9.12. The molecule has 1 heterocycles. The van der Waals surface area contributed by atoms with Crippen LogP contribution in [0, 0.1) is 5.92 Å². The van der Waals surface area contributed by atoms with E-state index in [-0.39, 0.29) is 11.9 Å². The SMILES string of the molecule is CC(C)CC1CC(O)=CC(=O)O1. The van der Waals surface area contributed by atoms with E-state index in [0.717, 1.165) is 12.5 Å². The molecule has 12 heavy (non-hydrogen) atoms. The maximum absolute atomic E-state index is 10.8. The van der Waals surface area contributed by atoms with Crippen LogP contribution in [-0.2, 0) is 9.53 Å². The number of hydrogen-bond donors (Lipinski definition) is 1. The predicted molar refractivity (Wildman–Crippen MR) is 44.7 cm³/mol. The van der Waals surface area contributed by atoms with Gasteiger partial charge >= 0.3 is 5.97 Å². The van der Waals surface area contributed by atoms with E-state index in [1.165, 1.54) is 0 Å². The fraction of sp³-hybridized carbons (Fsp3) is 0.667. The summed E-state index contributed by atoms with van der Waals surface area (Å²) in [5.74, 6) is 0.190. The van der Waals surface area contributed by atoms with E-state index in [1.54, 1.807) is 0 Å². The molecule has 1 rings (SSSR count). The molecule has 0 aromatic carbocycles. The minimum Gasteiger partial charge on any atom is -0.512 e. The highest BCUT2D eigenvalue weighted by Crippen LogP contribution is 2.19. The number of ether oxygens (including phenoxy) is 1. The number of esters is 1. The molecule has 0 amide bonds. The molecular formula is C9H14O3. The molecule has 0 saturated heterocycles. The minimum absolute atomic E-state index is 0.136. The Bertz CT molecular complexity index is 206. The van der Waals surface area contributed by atoms with Crippen LogP contribution >= 0.6 is 0 Å². The summed E-state index contributed by atoms with van der Waals surface area (Å²) < 4.78 is 4.99. The number of hydrogen-bond acceptors (Lipinski definition) is 3. The van der Waals surface area contributed by atoms with Gasteiger partial charge in [-0.25, -0.2) is 4.79 Å². The van der Waals surface area contributed by atoms with E-state index in [0.29, 0.717) is 12.3 Å². The van der Waals surface area contributed by atoms with Gasteiger partial charge in [-0.2, -0.15) is 0 Å². The Morgan fingerprint density at radius 1 is 1.75 bits per heavy atom. The predicted octanol–water partition coefficient (Wildman–Crippen LogP) is 1.79. The van der Waals surface area contributed by atoms with E-state index in [4.69, 9.17) is 9.84 Å². The largest absolute Gasteiger partial charge is 0.512 e. The van der Waals surface area contributed by atoms with E-state index in [2.05, 4.69) is 13.8 Å². The lowest BCUT2D eigenvalue weighted by Crippen LogP contribution is -2.24. The van der Waals surface area contributed by atoms with Crippen molar-refractivity contribution >= 4 is 5.97 Å². The Hall–Kier alpha value is -0.990. The molecule has 1 atom stereocenters. The lowest BCUT2D eigenvalue weighted by atomic mass is 10.0. The van der Waals surface area contributed by atoms with Crippen LogP contribution in [0.3, 0.4) is 0 Å². The molecule has 0 saturated carbocycles. The summed E-state index contributed by atoms with van der Waals surface area (Å²) in [6, 6.07) is 0. The van der Waals surface area contributed by atoms with Gasteiger partial charge in [-0.05, 0) is 12.3 Å². The average molecular weight is 170 g/mol. The zero-order chi connectivity index (χ0) is 9.14. The minimum atomic E-state index is -0.426. The third-order valence-corrected chi connectivity index (χ3v) is 1.74. The van der Waals surface area contributed by atoms with Gasteiger partial charge in [-0.1, -0.05) is 13.8 Å². The second-order valence-corrected chi connectivity index (χ2v) is 3.53. The summed E-state index contributed by atoms with van der Waals surface area (Å²) in [6.45, 7) is 4.12. The van der Waals surface area contributed by atoms with E-state index >= 15 is 0 Å². The monoisotopic (exact) mass is 170 g/mol. The number of aliphatic hydroxyl groups excluding tert-OH is 1. The van der Waals surface area contributed by atoms with Gasteiger partial charge in [0.15, 0.2) is 0 Å². The Morgan fingerprint density at radius 3 is 2.92 bits per heavy atom. The number of rotatable bonds is 2. The molecule has 3 heteroatoms. The van der Waals surface area contributed by atoms with Gasteiger partial charge in [0, 0.05) is 6.42 Å². The quantitative estimate of drug-likeness (QED) is 0.642. The van der Waals surface area contributed by atoms with Crippen LogP contribution in [0.5, 0.6) is 0 Å². The van der Waals surface area contributed by atoms with Crippen molar-refractivity contribution in [3.8, 4) is 0 Å². The summed E-state index contributed by atoms with van der Waals surface area (Å²) >= 11 is 0. The maximum Gasteiger partial charge on any atom is 0.334 e. The Balaban J connectivity index is 2.50. The summed E-state index contributed by atoms with van der Waals surface area (Å²) in [7, 11) is 0. The molecule has 0 fully saturated rings. The molecule has 1 unspecified atom stereocenters. The van der Waals surface area contributed by atoms with Crippen molar-refractivity contribution in [1.29, 1.82) is 0 Å². The summed E-state index contributed by atoms with van der Waals surface area (Å²) in [6.07, 6.45) is 2.27.